The zero-order valence-electron chi connectivity index (χ0n) is 11.2. The quantitative estimate of drug-likeness (QED) is 0.722. The third-order valence-electron chi connectivity index (χ3n) is 4.60. The lowest BCUT2D eigenvalue weighted by atomic mass is 9.67. The maximum Gasteiger partial charge on any atom is 0.185 e. The average molecular weight is 256 g/mol. The number of hydrogen-bond acceptors (Lipinski definition) is 2. The molecular formula is C17H20O2. The smallest absolute Gasteiger partial charge is 0.185 e. The molecule has 2 nitrogen and oxygen atoms in total. The summed E-state index contributed by atoms with van der Waals surface area (Å²) in [5.41, 5.74) is 2.13. The Morgan fingerprint density at radius 3 is 2.89 bits per heavy atom. The van der Waals surface area contributed by atoms with Crippen LogP contribution in [0.2, 0.25) is 0 Å². The Kier molecular flexibility index (Phi) is 3.28. The molecule has 0 heterocycles. The molecule has 1 atom stereocenters. The molecular weight excluding hydrogens is 236 g/mol. The Morgan fingerprint density at radius 2 is 2.16 bits per heavy atom. The predicted molar refractivity (Wildman–Crippen MR) is 75.8 cm³/mol. The number of hydrogen-bond donors (Lipinski definition) is 0. The van der Waals surface area contributed by atoms with E-state index in [1.54, 1.807) is 12.2 Å². The molecule has 1 saturated carbocycles. The summed E-state index contributed by atoms with van der Waals surface area (Å²) in [6.07, 6.45) is 15.5. The molecule has 3 aliphatic rings. The first-order valence-electron chi connectivity index (χ1n) is 7.16. The van der Waals surface area contributed by atoms with Crippen molar-refractivity contribution < 1.29 is 9.53 Å². The van der Waals surface area contributed by atoms with Crippen LogP contribution in [0.3, 0.4) is 0 Å². The zero-order valence-corrected chi connectivity index (χ0v) is 11.2. The number of rotatable bonds is 3. The van der Waals surface area contributed by atoms with Crippen LogP contribution in [-0.2, 0) is 9.53 Å². The molecule has 0 bridgehead atoms. The van der Waals surface area contributed by atoms with Crippen molar-refractivity contribution in [2.45, 2.75) is 38.2 Å². The molecule has 2 heteroatoms. The first-order chi connectivity index (χ1) is 9.28. The SMILES string of the molecule is C=CCOC1C=C2C(=O)C=CC=C2C12CCCCC2. The van der Waals surface area contributed by atoms with Crippen molar-refractivity contribution in [2.24, 2.45) is 5.41 Å². The van der Waals surface area contributed by atoms with Gasteiger partial charge in [0.25, 0.3) is 0 Å². The highest BCUT2D eigenvalue weighted by molar-refractivity contribution is 6.09. The molecule has 1 fully saturated rings. The lowest BCUT2D eigenvalue weighted by Crippen LogP contribution is -2.36. The molecule has 100 valence electrons. The van der Waals surface area contributed by atoms with Crippen molar-refractivity contribution in [1.82, 2.24) is 0 Å². The second kappa shape index (κ2) is 4.93. The predicted octanol–water partition coefficient (Wildman–Crippen LogP) is 3.51. The Hall–Kier alpha value is -1.41. The van der Waals surface area contributed by atoms with Gasteiger partial charge >= 0.3 is 0 Å². The van der Waals surface area contributed by atoms with Gasteiger partial charge in [0.2, 0.25) is 0 Å². The summed E-state index contributed by atoms with van der Waals surface area (Å²) in [4.78, 5) is 12.0. The van der Waals surface area contributed by atoms with E-state index in [1.165, 1.54) is 24.8 Å². The monoisotopic (exact) mass is 256 g/mol. The van der Waals surface area contributed by atoms with E-state index >= 15 is 0 Å². The number of allylic oxidation sites excluding steroid dienone is 4. The van der Waals surface area contributed by atoms with Crippen molar-refractivity contribution in [1.29, 1.82) is 0 Å². The van der Waals surface area contributed by atoms with E-state index in [2.05, 4.69) is 12.7 Å². The second-order valence-corrected chi connectivity index (χ2v) is 5.64. The first-order valence-corrected chi connectivity index (χ1v) is 7.16. The highest BCUT2D eigenvalue weighted by Gasteiger charge is 2.49. The highest BCUT2D eigenvalue weighted by Crippen LogP contribution is 2.54. The van der Waals surface area contributed by atoms with E-state index in [1.807, 2.05) is 12.2 Å². The van der Waals surface area contributed by atoms with Gasteiger partial charge in [0, 0.05) is 11.0 Å². The third-order valence-corrected chi connectivity index (χ3v) is 4.60. The molecule has 3 rings (SSSR count). The van der Waals surface area contributed by atoms with Crippen LogP contribution in [0, 0.1) is 5.41 Å². The zero-order chi connectivity index (χ0) is 13.3. The summed E-state index contributed by atoms with van der Waals surface area (Å²) >= 11 is 0. The summed E-state index contributed by atoms with van der Waals surface area (Å²) in [7, 11) is 0. The third kappa shape index (κ3) is 1.95. The number of ether oxygens (including phenoxy) is 1. The van der Waals surface area contributed by atoms with Crippen LogP contribution >= 0.6 is 0 Å². The van der Waals surface area contributed by atoms with Crippen LogP contribution in [0.4, 0.5) is 0 Å². The summed E-state index contributed by atoms with van der Waals surface area (Å²) in [5, 5.41) is 0. The molecule has 0 aromatic rings. The molecule has 1 spiro atoms. The summed E-state index contributed by atoms with van der Waals surface area (Å²) in [5.74, 6) is 0.132. The Morgan fingerprint density at radius 1 is 1.37 bits per heavy atom. The summed E-state index contributed by atoms with van der Waals surface area (Å²) in [6, 6.07) is 0. The normalized spacial score (nSPS) is 28.0. The van der Waals surface area contributed by atoms with Crippen molar-refractivity contribution in [3.05, 3.63) is 48.1 Å². The maximum absolute atomic E-state index is 12.0. The Balaban J connectivity index is 1.98. The number of ketones is 1. The van der Waals surface area contributed by atoms with Crippen LogP contribution < -0.4 is 0 Å². The van der Waals surface area contributed by atoms with Gasteiger partial charge in [-0.05, 0) is 30.6 Å². The average Bonchev–Trinajstić information content (AvgIpc) is 2.73. The summed E-state index contributed by atoms with van der Waals surface area (Å²) < 4.78 is 5.97. The molecule has 1 unspecified atom stereocenters. The molecule has 0 aromatic heterocycles. The molecule has 0 amide bonds. The van der Waals surface area contributed by atoms with Crippen molar-refractivity contribution >= 4 is 5.78 Å². The summed E-state index contributed by atoms with van der Waals surface area (Å²) in [6.45, 7) is 4.27. The van der Waals surface area contributed by atoms with E-state index in [0.29, 0.717) is 6.61 Å². The standard InChI is InChI=1S/C17H20O2/c1-2-11-19-16-12-13-14(7-6-8-15(13)18)17(16)9-4-3-5-10-17/h2,6-8,12,16H,1,3-5,9-11H2. The Labute approximate surface area is 114 Å². The lowest BCUT2D eigenvalue weighted by molar-refractivity contribution is -0.111. The van der Waals surface area contributed by atoms with Crippen LogP contribution in [0.1, 0.15) is 32.1 Å². The number of carbonyl (C=O) groups is 1. The Bertz CT molecular complexity index is 487. The fraction of sp³-hybridized carbons (Fsp3) is 0.471. The fourth-order valence-corrected chi connectivity index (χ4v) is 3.73. The molecule has 0 aliphatic heterocycles. The molecule has 19 heavy (non-hydrogen) atoms. The van der Waals surface area contributed by atoms with Gasteiger partial charge in [-0.3, -0.25) is 4.79 Å². The second-order valence-electron chi connectivity index (χ2n) is 5.64. The van der Waals surface area contributed by atoms with Crippen LogP contribution in [0.15, 0.2) is 48.1 Å². The number of fused-ring (bicyclic) bond motifs is 2. The van der Waals surface area contributed by atoms with Gasteiger partial charge in [0.1, 0.15) is 0 Å². The highest BCUT2D eigenvalue weighted by atomic mass is 16.5. The van der Waals surface area contributed by atoms with E-state index in [-0.39, 0.29) is 17.3 Å². The molecule has 3 aliphatic carbocycles. The van der Waals surface area contributed by atoms with Gasteiger partial charge < -0.3 is 4.74 Å². The van der Waals surface area contributed by atoms with Gasteiger partial charge in [-0.15, -0.1) is 6.58 Å². The minimum Gasteiger partial charge on any atom is -0.369 e. The first kappa shape index (κ1) is 12.6. The lowest BCUT2D eigenvalue weighted by Gasteiger charge is -2.40. The van der Waals surface area contributed by atoms with Crippen molar-refractivity contribution in [3.63, 3.8) is 0 Å². The van der Waals surface area contributed by atoms with Crippen LogP contribution in [0.25, 0.3) is 0 Å². The van der Waals surface area contributed by atoms with Gasteiger partial charge in [-0.1, -0.05) is 37.5 Å². The fourth-order valence-electron chi connectivity index (χ4n) is 3.73. The van der Waals surface area contributed by atoms with Crippen LogP contribution in [0.5, 0.6) is 0 Å². The van der Waals surface area contributed by atoms with Crippen molar-refractivity contribution in [3.8, 4) is 0 Å². The van der Waals surface area contributed by atoms with Gasteiger partial charge in [-0.2, -0.15) is 0 Å². The van der Waals surface area contributed by atoms with E-state index in [9.17, 15) is 4.79 Å². The molecule has 0 saturated heterocycles. The van der Waals surface area contributed by atoms with E-state index in [4.69, 9.17) is 4.74 Å². The van der Waals surface area contributed by atoms with E-state index in [0.717, 1.165) is 18.4 Å². The van der Waals surface area contributed by atoms with Gasteiger partial charge in [0.15, 0.2) is 5.78 Å². The van der Waals surface area contributed by atoms with Crippen LogP contribution in [-0.4, -0.2) is 18.5 Å². The van der Waals surface area contributed by atoms with E-state index < -0.39 is 0 Å². The van der Waals surface area contributed by atoms with Gasteiger partial charge in [0.05, 0.1) is 12.7 Å². The number of carbonyl (C=O) groups excluding carboxylic acids is 1. The van der Waals surface area contributed by atoms with Gasteiger partial charge in [-0.25, -0.2) is 0 Å². The topological polar surface area (TPSA) is 26.3 Å². The molecule has 0 radical (unpaired) electrons. The van der Waals surface area contributed by atoms with Crippen molar-refractivity contribution in [2.75, 3.05) is 6.61 Å². The minimum absolute atomic E-state index is 0.0379. The largest absolute Gasteiger partial charge is 0.369 e. The molecule has 0 N–H and O–H groups in total. The maximum atomic E-state index is 12.0. The minimum atomic E-state index is 0.0379. The molecule has 0 aromatic carbocycles.